The van der Waals surface area contributed by atoms with Crippen molar-refractivity contribution >= 4 is 5.97 Å². The smallest absolute Gasteiger partial charge is 0.343 e. The van der Waals surface area contributed by atoms with Crippen molar-refractivity contribution in [3.8, 4) is 0 Å². The van der Waals surface area contributed by atoms with Gasteiger partial charge in [-0.3, -0.25) is 0 Å². The number of nitrogens with zero attached hydrogens (tertiary/aromatic N) is 1. The lowest BCUT2D eigenvalue weighted by Gasteiger charge is -2.37. The van der Waals surface area contributed by atoms with Crippen LogP contribution >= 0.6 is 0 Å². The fraction of sp³-hybridized carbons (Fsp3) is 0.650. The molecule has 0 aromatic heterocycles. The van der Waals surface area contributed by atoms with Crippen LogP contribution in [-0.4, -0.2) is 48.8 Å². The van der Waals surface area contributed by atoms with Crippen LogP contribution in [0.1, 0.15) is 44.1 Å². The number of likely N-dealkylation sites (tertiary alicyclic amines) is 1. The second-order valence-electron chi connectivity index (χ2n) is 8.13. The molecule has 2 fully saturated rings. The van der Waals surface area contributed by atoms with Crippen molar-refractivity contribution in [2.24, 2.45) is 5.92 Å². The van der Waals surface area contributed by atoms with Crippen LogP contribution in [0.5, 0.6) is 0 Å². The normalized spacial score (nSPS) is 26.7. The van der Waals surface area contributed by atoms with Crippen LogP contribution in [0, 0.1) is 5.92 Å². The van der Waals surface area contributed by atoms with Crippen LogP contribution in [0.15, 0.2) is 30.3 Å². The number of carbonyl (C=O) groups is 1. The molecule has 0 bridgehead atoms. The summed E-state index contributed by atoms with van der Waals surface area (Å²) in [5.74, 6) is -0.502. The molecule has 1 aromatic carbocycles. The minimum atomic E-state index is -1.51. The molecule has 1 unspecified atom stereocenters. The molecule has 1 saturated heterocycles. The third-order valence-corrected chi connectivity index (χ3v) is 5.75. The van der Waals surface area contributed by atoms with Crippen molar-refractivity contribution in [1.29, 1.82) is 0 Å². The molecule has 132 valence electrons. The largest absolute Gasteiger partial charge is 0.454 e. The van der Waals surface area contributed by atoms with Gasteiger partial charge in [0.05, 0.1) is 20.6 Å². The van der Waals surface area contributed by atoms with E-state index in [2.05, 4.69) is 14.1 Å². The van der Waals surface area contributed by atoms with Gasteiger partial charge in [-0.1, -0.05) is 49.6 Å². The van der Waals surface area contributed by atoms with Gasteiger partial charge in [0.15, 0.2) is 11.7 Å². The van der Waals surface area contributed by atoms with Crippen LogP contribution in [0.2, 0.25) is 0 Å². The highest BCUT2D eigenvalue weighted by atomic mass is 16.6. The van der Waals surface area contributed by atoms with Crippen molar-refractivity contribution in [3.05, 3.63) is 35.9 Å². The number of benzene rings is 1. The minimum absolute atomic E-state index is 0.0509. The van der Waals surface area contributed by atoms with Gasteiger partial charge in [0.1, 0.15) is 6.54 Å². The Bertz CT molecular complexity index is 566. The Morgan fingerprint density at radius 1 is 1.12 bits per heavy atom. The Kier molecular flexibility index (Phi) is 4.97. The number of aliphatic hydroxyl groups is 1. The molecule has 2 aliphatic rings. The van der Waals surface area contributed by atoms with E-state index in [0.717, 1.165) is 49.7 Å². The van der Waals surface area contributed by atoms with E-state index >= 15 is 0 Å². The molecule has 3 rings (SSSR count). The van der Waals surface area contributed by atoms with Gasteiger partial charge in [-0.15, -0.1) is 0 Å². The van der Waals surface area contributed by atoms with Gasteiger partial charge in [0, 0.05) is 12.3 Å². The van der Waals surface area contributed by atoms with E-state index in [1.807, 2.05) is 30.3 Å². The molecule has 4 heteroatoms. The van der Waals surface area contributed by atoms with E-state index in [4.69, 9.17) is 4.74 Å². The molecule has 1 saturated carbocycles. The van der Waals surface area contributed by atoms with Crippen molar-refractivity contribution in [2.45, 2.75) is 50.2 Å². The van der Waals surface area contributed by atoms with Crippen LogP contribution in [0.4, 0.5) is 0 Å². The van der Waals surface area contributed by atoms with Crippen molar-refractivity contribution < 1.29 is 19.1 Å². The van der Waals surface area contributed by atoms with Crippen molar-refractivity contribution in [1.82, 2.24) is 0 Å². The summed E-state index contributed by atoms with van der Waals surface area (Å²) in [6.45, 7) is 1.83. The predicted molar refractivity (Wildman–Crippen MR) is 93.3 cm³/mol. The van der Waals surface area contributed by atoms with Gasteiger partial charge in [-0.25, -0.2) is 4.79 Å². The standard InChI is InChI=1S/C20H30NO3/c1-21(2)14-13-18(15-21)24-19(22)20(23,16-9-5-3-6-10-16)17-11-7-4-8-12-17/h3,5-6,9-10,17-18,23H,4,7-8,11-15H2,1-2H3/q+1/t18-,20?/m1/s1. The average molecular weight is 332 g/mol. The molecule has 24 heavy (non-hydrogen) atoms. The molecule has 2 atom stereocenters. The average Bonchev–Trinajstić information content (AvgIpc) is 2.94. The first-order valence-electron chi connectivity index (χ1n) is 9.23. The zero-order chi connectivity index (χ0) is 17.2. The summed E-state index contributed by atoms with van der Waals surface area (Å²) >= 11 is 0. The summed E-state index contributed by atoms with van der Waals surface area (Å²) < 4.78 is 6.68. The molecular formula is C20H30NO3+. The number of ether oxygens (including phenoxy) is 1. The molecule has 1 heterocycles. The SMILES string of the molecule is C[N+]1(C)CC[C@@H](OC(=O)C(O)(c2ccccc2)C2CCCCC2)C1. The van der Waals surface area contributed by atoms with Crippen LogP contribution in [0.3, 0.4) is 0 Å². The van der Waals surface area contributed by atoms with E-state index in [0.29, 0.717) is 5.56 Å². The van der Waals surface area contributed by atoms with Gasteiger partial charge in [-0.05, 0) is 18.4 Å². The monoisotopic (exact) mass is 332 g/mol. The summed E-state index contributed by atoms with van der Waals surface area (Å²) in [6.07, 6.45) is 5.87. The molecule has 0 amide bonds. The Morgan fingerprint density at radius 3 is 2.38 bits per heavy atom. The summed E-state index contributed by atoms with van der Waals surface area (Å²) in [4.78, 5) is 13.1. The van der Waals surface area contributed by atoms with Gasteiger partial charge in [0.2, 0.25) is 0 Å². The third kappa shape index (κ3) is 3.50. The molecule has 1 aliphatic heterocycles. The van der Waals surface area contributed by atoms with E-state index in [9.17, 15) is 9.90 Å². The zero-order valence-electron chi connectivity index (χ0n) is 14.9. The lowest BCUT2D eigenvalue weighted by molar-refractivity contribution is -0.879. The van der Waals surface area contributed by atoms with Crippen LogP contribution in [-0.2, 0) is 15.1 Å². The highest BCUT2D eigenvalue weighted by Crippen LogP contribution is 2.40. The van der Waals surface area contributed by atoms with Crippen molar-refractivity contribution in [2.75, 3.05) is 27.2 Å². The second kappa shape index (κ2) is 6.85. The fourth-order valence-electron chi connectivity index (χ4n) is 4.30. The summed E-state index contributed by atoms with van der Waals surface area (Å²) in [6, 6.07) is 9.38. The maximum atomic E-state index is 13.1. The number of quaternary nitrogens is 1. The number of carbonyl (C=O) groups excluding carboxylic acids is 1. The summed E-state index contributed by atoms with van der Waals surface area (Å²) in [5, 5.41) is 11.5. The predicted octanol–water partition coefficient (Wildman–Crippen LogP) is 2.85. The Hall–Kier alpha value is -1.39. The topological polar surface area (TPSA) is 46.5 Å². The van der Waals surface area contributed by atoms with E-state index in [1.165, 1.54) is 6.42 Å². The number of hydrogen-bond acceptors (Lipinski definition) is 3. The first kappa shape index (κ1) is 17.4. The van der Waals surface area contributed by atoms with Gasteiger partial charge < -0.3 is 14.3 Å². The second-order valence-corrected chi connectivity index (χ2v) is 8.13. The lowest BCUT2D eigenvalue weighted by Crippen LogP contribution is -2.47. The molecular weight excluding hydrogens is 302 g/mol. The first-order chi connectivity index (χ1) is 11.4. The highest BCUT2D eigenvalue weighted by molar-refractivity contribution is 5.81. The molecule has 0 spiro atoms. The van der Waals surface area contributed by atoms with Gasteiger partial charge in [-0.2, -0.15) is 0 Å². The Morgan fingerprint density at radius 2 is 1.79 bits per heavy atom. The van der Waals surface area contributed by atoms with Crippen LogP contribution < -0.4 is 0 Å². The molecule has 4 nitrogen and oxygen atoms in total. The van der Waals surface area contributed by atoms with E-state index in [-0.39, 0.29) is 12.0 Å². The number of hydrogen-bond donors (Lipinski definition) is 1. The van der Waals surface area contributed by atoms with Gasteiger partial charge >= 0.3 is 5.97 Å². The van der Waals surface area contributed by atoms with E-state index in [1.54, 1.807) is 0 Å². The maximum Gasteiger partial charge on any atom is 0.343 e. The first-order valence-corrected chi connectivity index (χ1v) is 9.23. The van der Waals surface area contributed by atoms with Crippen LogP contribution in [0.25, 0.3) is 0 Å². The maximum absolute atomic E-state index is 13.1. The Labute approximate surface area is 145 Å². The minimum Gasteiger partial charge on any atom is -0.454 e. The Balaban J connectivity index is 1.83. The van der Waals surface area contributed by atoms with Crippen molar-refractivity contribution in [3.63, 3.8) is 0 Å². The molecule has 1 aromatic rings. The number of esters is 1. The number of rotatable bonds is 4. The molecule has 1 N–H and O–H groups in total. The lowest BCUT2D eigenvalue weighted by atomic mass is 9.73. The molecule has 0 radical (unpaired) electrons. The zero-order valence-corrected chi connectivity index (χ0v) is 14.9. The van der Waals surface area contributed by atoms with Gasteiger partial charge in [0.25, 0.3) is 0 Å². The third-order valence-electron chi connectivity index (χ3n) is 5.75. The summed E-state index contributed by atoms with van der Waals surface area (Å²) in [7, 11) is 4.30. The fourth-order valence-corrected chi connectivity index (χ4v) is 4.30. The summed E-state index contributed by atoms with van der Waals surface area (Å²) in [5.41, 5.74) is -0.838. The highest BCUT2D eigenvalue weighted by Gasteiger charge is 2.48. The molecule has 1 aliphatic carbocycles. The van der Waals surface area contributed by atoms with E-state index < -0.39 is 11.6 Å². The quantitative estimate of drug-likeness (QED) is 0.681. The number of likely N-dealkylation sites (N-methyl/N-ethyl adjacent to an activating group) is 1.